The molecule has 0 atom stereocenters. The van der Waals surface area contributed by atoms with Gasteiger partial charge in [-0.2, -0.15) is 8.75 Å². The number of fused-ring (bicyclic) bond motifs is 1. The number of rotatable bonds is 4. The largest absolute Gasteiger partial charge is 0.370 e. The molecule has 3 aromatic rings. The van der Waals surface area contributed by atoms with Gasteiger partial charge in [-0.05, 0) is 49.6 Å². The summed E-state index contributed by atoms with van der Waals surface area (Å²) in [5, 5.41) is 0.483. The fourth-order valence-corrected chi connectivity index (χ4v) is 5.20. The lowest BCUT2D eigenvalue weighted by atomic mass is 10.1. The Balaban J connectivity index is 1.74. The molecule has 1 aromatic heterocycles. The Bertz CT molecular complexity index is 1050. The molecule has 4 rings (SSSR count). The first kappa shape index (κ1) is 17.5. The Labute approximate surface area is 161 Å². The first-order valence-electron chi connectivity index (χ1n) is 8.33. The Morgan fingerprint density at radius 2 is 1.88 bits per heavy atom. The Morgan fingerprint density at radius 3 is 2.69 bits per heavy atom. The molecular formula is C17H17ClN4O2S2. The molecule has 0 bridgehead atoms. The average molecular weight is 409 g/mol. The smallest absolute Gasteiger partial charge is 0.264 e. The number of anilines is 2. The van der Waals surface area contributed by atoms with Gasteiger partial charge in [-0.1, -0.05) is 17.7 Å². The zero-order chi connectivity index (χ0) is 18.1. The van der Waals surface area contributed by atoms with Gasteiger partial charge in [0.05, 0.1) is 23.1 Å². The van der Waals surface area contributed by atoms with Gasteiger partial charge < -0.3 is 4.90 Å². The minimum Gasteiger partial charge on any atom is -0.370 e. The van der Waals surface area contributed by atoms with Gasteiger partial charge in [-0.15, -0.1) is 0 Å². The highest BCUT2D eigenvalue weighted by Crippen LogP contribution is 2.33. The van der Waals surface area contributed by atoms with Crippen LogP contribution >= 0.6 is 23.3 Å². The van der Waals surface area contributed by atoms with Crippen LogP contribution in [0.3, 0.4) is 0 Å². The SMILES string of the molecule is O=S(=O)(Nc1cc(Cl)ccc1N1CCCCC1)c1cccc2nsnc12. The third-order valence-electron chi connectivity index (χ3n) is 4.44. The van der Waals surface area contributed by atoms with Crippen molar-refractivity contribution in [3.05, 3.63) is 41.4 Å². The minimum atomic E-state index is -3.82. The number of nitrogens with one attached hydrogen (secondary N) is 1. The normalized spacial score (nSPS) is 15.3. The number of nitrogens with zero attached hydrogens (tertiary/aromatic N) is 3. The molecular weight excluding hydrogens is 392 g/mol. The first-order valence-corrected chi connectivity index (χ1v) is 10.9. The lowest BCUT2D eigenvalue weighted by Gasteiger charge is -2.30. The summed E-state index contributed by atoms with van der Waals surface area (Å²) in [7, 11) is -3.82. The fraction of sp³-hybridized carbons (Fsp3) is 0.294. The number of halogens is 1. The molecule has 0 aliphatic carbocycles. The fourth-order valence-electron chi connectivity index (χ4n) is 3.20. The Hall–Kier alpha value is -1.90. The van der Waals surface area contributed by atoms with Crippen LogP contribution in [0.15, 0.2) is 41.3 Å². The zero-order valence-corrected chi connectivity index (χ0v) is 16.2. The molecule has 0 radical (unpaired) electrons. The monoisotopic (exact) mass is 408 g/mol. The molecule has 1 aliphatic rings. The number of hydrogen-bond acceptors (Lipinski definition) is 6. The van der Waals surface area contributed by atoms with Crippen LogP contribution in [0.4, 0.5) is 11.4 Å². The highest BCUT2D eigenvalue weighted by atomic mass is 35.5. The summed E-state index contributed by atoms with van der Waals surface area (Å²) in [6.45, 7) is 1.81. The van der Waals surface area contributed by atoms with Crippen molar-refractivity contribution >= 4 is 55.8 Å². The molecule has 1 saturated heterocycles. The van der Waals surface area contributed by atoms with E-state index >= 15 is 0 Å². The molecule has 0 amide bonds. The van der Waals surface area contributed by atoms with Crippen LogP contribution in [-0.4, -0.2) is 30.3 Å². The molecule has 6 nitrogen and oxygen atoms in total. The van der Waals surface area contributed by atoms with Gasteiger partial charge >= 0.3 is 0 Å². The molecule has 1 aliphatic heterocycles. The molecule has 0 unspecified atom stereocenters. The minimum absolute atomic E-state index is 0.119. The second kappa shape index (κ2) is 7.02. The second-order valence-corrected chi connectivity index (χ2v) is 8.82. The second-order valence-electron chi connectivity index (χ2n) is 6.20. The maximum absolute atomic E-state index is 13.0. The highest BCUT2D eigenvalue weighted by Gasteiger charge is 2.23. The summed E-state index contributed by atoms with van der Waals surface area (Å²) in [4.78, 5) is 2.32. The van der Waals surface area contributed by atoms with Crippen molar-refractivity contribution in [1.82, 2.24) is 8.75 Å². The standard InChI is InChI=1S/C17H17ClN4O2S2/c18-12-7-8-15(22-9-2-1-3-10-22)14(11-12)21-26(23,24)16-6-4-5-13-17(16)20-25-19-13/h4-8,11,21H,1-3,9-10H2. The van der Waals surface area contributed by atoms with Crippen molar-refractivity contribution in [2.75, 3.05) is 22.7 Å². The van der Waals surface area contributed by atoms with E-state index in [0.717, 1.165) is 43.3 Å². The average Bonchev–Trinajstić information content (AvgIpc) is 3.11. The summed E-state index contributed by atoms with van der Waals surface area (Å²) in [5.74, 6) is 0. The Kier molecular flexibility index (Phi) is 4.73. The number of aromatic nitrogens is 2. The van der Waals surface area contributed by atoms with E-state index in [1.54, 1.807) is 24.3 Å². The van der Waals surface area contributed by atoms with E-state index in [-0.39, 0.29) is 4.90 Å². The number of hydrogen-bond donors (Lipinski definition) is 1. The van der Waals surface area contributed by atoms with Crippen LogP contribution in [0.1, 0.15) is 19.3 Å². The van der Waals surface area contributed by atoms with Crippen molar-refractivity contribution in [3.63, 3.8) is 0 Å². The summed E-state index contributed by atoms with van der Waals surface area (Å²) in [6.07, 6.45) is 3.39. The summed E-state index contributed by atoms with van der Waals surface area (Å²) >= 11 is 7.13. The van der Waals surface area contributed by atoms with Gasteiger partial charge in [0.25, 0.3) is 10.0 Å². The zero-order valence-electron chi connectivity index (χ0n) is 13.9. The maximum atomic E-state index is 13.0. The van der Waals surface area contributed by atoms with Crippen molar-refractivity contribution in [2.24, 2.45) is 0 Å². The number of sulfonamides is 1. The summed E-state index contributed by atoms with van der Waals surface area (Å²) in [6, 6.07) is 10.3. The van der Waals surface area contributed by atoms with Crippen molar-refractivity contribution in [1.29, 1.82) is 0 Å². The summed E-state index contributed by atoms with van der Waals surface area (Å²) in [5.41, 5.74) is 2.28. The topological polar surface area (TPSA) is 75.2 Å². The number of benzene rings is 2. The van der Waals surface area contributed by atoms with Gasteiger partial charge in [0.1, 0.15) is 15.9 Å². The van der Waals surface area contributed by atoms with Crippen molar-refractivity contribution in [3.8, 4) is 0 Å². The van der Waals surface area contributed by atoms with Gasteiger partial charge in [-0.3, -0.25) is 4.72 Å². The Morgan fingerprint density at radius 1 is 1.08 bits per heavy atom. The van der Waals surface area contributed by atoms with Crippen LogP contribution in [0.5, 0.6) is 0 Å². The number of piperidine rings is 1. The molecule has 9 heteroatoms. The molecule has 2 aromatic carbocycles. The molecule has 26 heavy (non-hydrogen) atoms. The molecule has 136 valence electrons. The predicted octanol–water partition coefficient (Wildman–Crippen LogP) is 4.14. The van der Waals surface area contributed by atoms with Crippen LogP contribution in [-0.2, 0) is 10.0 Å². The van der Waals surface area contributed by atoms with Crippen LogP contribution in [0, 0.1) is 0 Å². The highest BCUT2D eigenvalue weighted by molar-refractivity contribution is 7.93. The molecule has 2 heterocycles. The lowest BCUT2D eigenvalue weighted by molar-refractivity contribution is 0.578. The third-order valence-corrected chi connectivity index (χ3v) is 6.61. The van der Waals surface area contributed by atoms with Gasteiger partial charge in [0.15, 0.2) is 0 Å². The predicted molar refractivity (Wildman–Crippen MR) is 106 cm³/mol. The van der Waals surface area contributed by atoms with E-state index in [0.29, 0.717) is 21.7 Å². The molecule has 1 N–H and O–H groups in total. The van der Waals surface area contributed by atoms with E-state index in [1.165, 1.54) is 12.5 Å². The van der Waals surface area contributed by atoms with Crippen LogP contribution < -0.4 is 9.62 Å². The van der Waals surface area contributed by atoms with Crippen molar-refractivity contribution in [2.45, 2.75) is 24.2 Å². The van der Waals surface area contributed by atoms with E-state index in [2.05, 4.69) is 18.4 Å². The van der Waals surface area contributed by atoms with Crippen LogP contribution in [0.25, 0.3) is 11.0 Å². The van der Waals surface area contributed by atoms with E-state index in [4.69, 9.17) is 11.6 Å². The first-order chi connectivity index (χ1) is 12.5. The van der Waals surface area contributed by atoms with E-state index in [1.807, 2.05) is 6.07 Å². The lowest BCUT2D eigenvalue weighted by Crippen LogP contribution is -2.30. The summed E-state index contributed by atoms with van der Waals surface area (Å²) < 4.78 is 37.0. The molecule has 0 saturated carbocycles. The van der Waals surface area contributed by atoms with Gasteiger partial charge in [0.2, 0.25) is 0 Å². The molecule has 0 spiro atoms. The third kappa shape index (κ3) is 3.36. The van der Waals surface area contributed by atoms with Crippen LogP contribution in [0.2, 0.25) is 5.02 Å². The van der Waals surface area contributed by atoms with E-state index in [9.17, 15) is 8.42 Å². The quantitative estimate of drug-likeness (QED) is 0.702. The van der Waals surface area contributed by atoms with Crippen molar-refractivity contribution < 1.29 is 8.42 Å². The molecule has 1 fully saturated rings. The van der Waals surface area contributed by atoms with E-state index < -0.39 is 10.0 Å². The van der Waals surface area contributed by atoms with Gasteiger partial charge in [-0.25, -0.2) is 8.42 Å². The van der Waals surface area contributed by atoms with Gasteiger partial charge in [0, 0.05) is 18.1 Å². The maximum Gasteiger partial charge on any atom is 0.264 e.